The maximum absolute atomic E-state index is 10.6. The summed E-state index contributed by atoms with van der Waals surface area (Å²) in [5, 5.41) is 8.68. The molecule has 1 aromatic heterocycles. The molecule has 5 nitrogen and oxygen atoms in total. The minimum atomic E-state index is -0.816. The Morgan fingerprint density at radius 3 is 2.68 bits per heavy atom. The summed E-state index contributed by atoms with van der Waals surface area (Å²) >= 11 is 0. The van der Waals surface area contributed by atoms with Crippen molar-refractivity contribution in [1.82, 2.24) is 9.97 Å². The van der Waals surface area contributed by atoms with Gasteiger partial charge in [-0.2, -0.15) is 0 Å². The molecule has 0 atom stereocenters. The van der Waals surface area contributed by atoms with Crippen LogP contribution in [0.15, 0.2) is 42.6 Å². The lowest BCUT2D eigenvalue weighted by atomic mass is 10.2. The van der Waals surface area contributed by atoms with Crippen molar-refractivity contribution in [3.8, 4) is 11.4 Å². The lowest BCUT2D eigenvalue weighted by molar-refractivity contribution is -0.136. The molecular formula is C14H15N3O2. The Morgan fingerprint density at radius 2 is 2.00 bits per heavy atom. The zero-order chi connectivity index (χ0) is 13.7. The maximum atomic E-state index is 10.6. The molecule has 0 fully saturated rings. The summed E-state index contributed by atoms with van der Waals surface area (Å²) in [4.78, 5) is 21.0. The van der Waals surface area contributed by atoms with Crippen LogP contribution in [0.4, 0.5) is 5.82 Å². The van der Waals surface area contributed by atoms with Crippen molar-refractivity contribution in [2.75, 3.05) is 18.5 Å². The van der Waals surface area contributed by atoms with Gasteiger partial charge in [0.05, 0.1) is 6.42 Å². The van der Waals surface area contributed by atoms with Gasteiger partial charge in [0.1, 0.15) is 5.82 Å². The smallest absolute Gasteiger partial charge is 0.305 e. The molecule has 0 unspecified atom stereocenters. The van der Waals surface area contributed by atoms with E-state index in [1.165, 1.54) is 0 Å². The van der Waals surface area contributed by atoms with E-state index in [0.717, 1.165) is 11.4 Å². The third-order valence-electron chi connectivity index (χ3n) is 2.73. The van der Waals surface area contributed by atoms with Crippen LogP contribution in [0, 0.1) is 0 Å². The number of nitrogens with zero attached hydrogens (tertiary/aromatic N) is 3. The van der Waals surface area contributed by atoms with E-state index in [4.69, 9.17) is 5.11 Å². The average molecular weight is 257 g/mol. The van der Waals surface area contributed by atoms with Gasteiger partial charge < -0.3 is 10.0 Å². The molecule has 0 aliphatic rings. The highest BCUT2D eigenvalue weighted by molar-refractivity contribution is 5.67. The normalized spacial score (nSPS) is 10.2. The topological polar surface area (TPSA) is 66.3 Å². The highest BCUT2D eigenvalue weighted by atomic mass is 16.4. The first-order valence-electron chi connectivity index (χ1n) is 5.98. The number of benzene rings is 1. The standard InChI is InChI=1S/C14H15N3O2/c1-17(10-8-13(18)19)12-7-9-15-14(16-12)11-5-3-2-4-6-11/h2-7,9H,8,10H2,1H3,(H,18,19). The van der Waals surface area contributed by atoms with Gasteiger partial charge in [-0.15, -0.1) is 0 Å². The number of carboxylic acid groups (broad SMARTS) is 1. The van der Waals surface area contributed by atoms with Crippen molar-refractivity contribution < 1.29 is 9.90 Å². The van der Waals surface area contributed by atoms with Gasteiger partial charge >= 0.3 is 5.97 Å². The number of anilines is 1. The van der Waals surface area contributed by atoms with Crippen LogP contribution in [-0.4, -0.2) is 34.6 Å². The summed E-state index contributed by atoms with van der Waals surface area (Å²) in [6, 6.07) is 11.5. The van der Waals surface area contributed by atoms with Crippen LogP contribution in [-0.2, 0) is 4.79 Å². The van der Waals surface area contributed by atoms with Crippen LogP contribution in [0.2, 0.25) is 0 Å². The Kier molecular flexibility index (Phi) is 4.07. The molecular weight excluding hydrogens is 242 g/mol. The molecule has 0 aliphatic heterocycles. The van der Waals surface area contributed by atoms with Crippen molar-refractivity contribution in [1.29, 1.82) is 0 Å². The molecule has 1 aromatic carbocycles. The molecule has 0 bridgehead atoms. The number of carbonyl (C=O) groups is 1. The molecule has 0 spiro atoms. The van der Waals surface area contributed by atoms with Gasteiger partial charge in [-0.1, -0.05) is 30.3 Å². The van der Waals surface area contributed by atoms with E-state index < -0.39 is 5.97 Å². The van der Waals surface area contributed by atoms with Gasteiger partial charge in [0.15, 0.2) is 5.82 Å². The summed E-state index contributed by atoms with van der Waals surface area (Å²) in [7, 11) is 1.82. The van der Waals surface area contributed by atoms with Crippen molar-refractivity contribution >= 4 is 11.8 Å². The predicted octanol–water partition coefficient (Wildman–Crippen LogP) is 2.05. The Bertz CT molecular complexity index is 558. The highest BCUT2D eigenvalue weighted by Crippen LogP contribution is 2.17. The Labute approximate surface area is 111 Å². The molecule has 1 N–H and O–H groups in total. The fourth-order valence-corrected chi connectivity index (χ4v) is 1.67. The first kappa shape index (κ1) is 13.0. The molecule has 98 valence electrons. The van der Waals surface area contributed by atoms with Crippen LogP contribution >= 0.6 is 0 Å². The van der Waals surface area contributed by atoms with Crippen molar-refractivity contribution in [3.05, 3.63) is 42.6 Å². The van der Waals surface area contributed by atoms with E-state index in [-0.39, 0.29) is 6.42 Å². The maximum Gasteiger partial charge on any atom is 0.305 e. The van der Waals surface area contributed by atoms with Crippen molar-refractivity contribution in [2.45, 2.75) is 6.42 Å². The van der Waals surface area contributed by atoms with Gasteiger partial charge in [0, 0.05) is 25.4 Å². The predicted molar refractivity (Wildman–Crippen MR) is 73.0 cm³/mol. The minimum Gasteiger partial charge on any atom is -0.481 e. The molecule has 0 saturated carbocycles. The summed E-state index contributed by atoms with van der Waals surface area (Å²) in [5.74, 6) is 0.541. The summed E-state index contributed by atoms with van der Waals surface area (Å²) in [5.41, 5.74) is 0.941. The van der Waals surface area contributed by atoms with E-state index in [0.29, 0.717) is 12.4 Å². The molecule has 19 heavy (non-hydrogen) atoms. The Balaban J connectivity index is 2.17. The first-order valence-corrected chi connectivity index (χ1v) is 5.98. The van der Waals surface area contributed by atoms with Crippen LogP contribution in [0.5, 0.6) is 0 Å². The molecule has 2 aromatic rings. The Morgan fingerprint density at radius 1 is 1.26 bits per heavy atom. The molecule has 2 rings (SSSR count). The molecule has 0 aliphatic carbocycles. The van der Waals surface area contributed by atoms with Gasteiger partial charge in [-0.25, -0.2) is 9.97 Å². The monoisotopic (exact) mass is 257 g/mol. The lowest BCUT2D eigenvalue weighted by Gasteiger charge is -2.17. The molecule has 0 radical (unpaired) electrons. The Hall–Kier alpha value is -2.43. The molecule has 0 saturated heterocycles. The number of aromatic nitrogens is 2. The second-order valence-corrected chi connectivity index (χ2v) is 4.17. The van der Waals surface area contributed by atoms with Gasteiger partial charge in [-0.3, -0.25) is 4.79 Å². The average Bonchev–Trinajstić information content (AvgIpc) is 2.46. The minimum absolute atomic E-state index is 0.0845. The van der Waals surface area contributed by atoms with Crippen LogP contribution in [0.1, 0.15) is 6.42 Å². The number of hydrogen-bond acceptors (Lipinski definition) is 4. The SMILES string of the molecule is CN(CCC(=O)O)c1ccnc(-c2ccccc2)n1. The van der Waals surface area contributed by atoms with Crippen molar-refractivity contribution in [3.63, 3.8) is 0 Å². The van der Waals surface area contributed by atoms with Crippen LogP contribution < -0.4 is 4.90 Å². The number of rotatable bonds is 5. The van der Waals surface area contributed by atoms with Gasteiger partial charge in [-0.05, 0) is 6.07 Å². The summed E-state index contributed by atoms with van der Waals surface area (Å²) < 4.78 is 0. The highest BCUT2D eigenvalue weighted by Gasteiger charge is 2.07. The van der Waals surface area contributed by atoms with Gasteiger partial charge in [0.25, 0.3) is 0 Å². The van der Waals surface area contributed by atoms with Crippen LogP contribution in [0.25, 0.3) is 11.4 Å². The van der Waals surface area contributed by atoms with E-state index in [9.17, 15) is 4.79 Å². The number of aliphatic carboxylic acids is 1. The second-order valence-electron chi connectivity index (χ2n) is 4.17. The lowest BCUT2D eigenvalue weighted by Crippen LogP contribution is -2.22. The van der Waals surface area contributed by atoms with E-state index in [2.05, 4.69) is 9.97 Å². The van der Waals surface area contributed by atoms with Crippen molar-refractivity contribution in [2.24, 2.45) is 0 Å². The van der Waals surface area contributed by atoms with E-state index >= 15 is 0 Å². The third kappa shape index (κ3) is 3.51. The molecule has 0 amide bonds. The largest absolute Gasteiger partial charge is 0.481 e. The second kappa shape index (κ2) is 5.95. The molecule has 5 heteroatoms. The number of hydrogen-bond donors (Lipinski definition) is 1. The summed E-state index contributed by atoms with van der Waals surface area (Å²) in [6.07, 6.45) is 1.77. The van der Waals surface area contributed by atoms with Gasteiger partial charge in [0.2, 0.25) is 0 Å². The summed E-state index contributed by atoms with van der Waals surface area (Å²) in [6.45, 7) is 0.417. The fraction of sp³-hybridized carbons (Fsp3) is 0.214. The zero-order valence-electron chi connectivity index (χ0n) is 10.7. The van der Waals surface area contributed by atoms with E-state index in [1.807, 2.05) is 42.3 Å². The zero-order valence-corrected chi connectivity index (χ0v) is 10.7. The molecule has 1 heterocycles. The van der Waals surface area contributed by atoms with E-state index in [1.54, 1.807) is 12.3 Å². The quantitative estimate of drug-likeness (QED) is 0.888. The fourth-order valence-electron chi connectivity index (χ4n) is 1.67. The number of carboxylic acids is 1. The van der Waals surface area contributed by atoms with Crippen LogP contribution in [0.3, 0.4) is 0 Å². The third-order valence-corrected chi connectivity index (χ3v) is 2.73. The first-order chi connectivity index (χ1) is 9.16.